The van der Waals surface area contributed by atoms with Gasteiger partial charge in [-0.2, -0.15) is 5.10 Å². The number of H-pyrrole nitrogens is 3. The summed E-state index contributed by atoms with van der Waals surface area (Å²) in [7, 11) is 0. The summed E-state index contributed by atoms with van der Waals surface area (Å²) in [5.74, 6) is 0.743. The number of nitrogens with zero attached hydrogens (tertiary/aromatic N) is 4. The van der Waals surface area contributed by atoms with Crippen molar-refractivity contribution in [2.24, 2.45) is 0 Å². The standard InChI is InChI=1S/C26H22BrN7O/c27-17-4-3-6-20-23(17)24(32-31-20)25-28-18-9-8-16(14-21(18)29-25)33-12-10-15(11-13-33)34-22-7-2-1-5-19(22)30-26(34)35/h1-9,14-15H,10-13H2,(H,28,29)(H,30,35)(H,31,32). The van der Waals surface area contributed by atoms with Gasteiger partial charge in [0, 0.05) is 34.7 Å². The molecule has 0 aliphatic carbocycles. The van der Waals surface area contributed by atoms with Gasteiger partial charge in [-0.25, -0.2) is 9.78 Å². The van der Waals surface area contributed by atoms with Gasteiger partial charge < -0.3 is 14.9 Å². The zero-order valence-corrected chi connectivity index (χ0v) is 20.3. The Hall–Kier alpha value is -3.85. The van der Waals surface area contributed by atoms with Crippen LogP contribution in [0.15, 0.2) is 69.9 Å². The second kappa shape index (κ2) is 7.84. The number of para-hydroxylation sites is 2. The first kappa shape index (κ1) is 20.5. The Morgan fingerprint density at radius 1 is 0.914 bits per heavy atom. The van der Waals surface area contributed by atoms with Crippen LogP contribution in [0.5, 0.6) is 0 Å². The van der Waals surface area contributed by atoms with Crippen LogP contribution >= 0.6 is 15.9 Å². The summed E-state index contributed by atoms with van der Waals surface area (Å²) < 4.78 is 2.92. The number of anilines is 1. The minimum Gasteiger partial charge on any atom is -0.371 e. The maximum Gasteiger partial charge on any atom is 0.326 e. The molecule has 35 heavy (non-hydrogen) atoms. The molecule has 1 saturated heterocycles. The molecule has 3 aromatic heterocycles. The lowest BCUT2D eigenvalue weighted by molar-refractivity contribution is 0.396. The van der Waals surface area contributed by atoms with Gasteiger partial charge in [-0.1, -0.05) is 34.1 Å². The van der Waals surface area contributed by atoms with Crippen LogP contribution in [0.1, 0.15) is 18.9 Å². The number of hydrogen-bond acceptors (Lipinski definition) is 4. The van der Waals surface area contributed by atoms with Crippen molar-refractivity contribution in [3.8, 4) is 11.5 Å². The van der Waals surface area contributed by atoms with Crippen LogP contribution in [0.4, 0.5) is 5.69 Å². The highest BCUT2D eigenvalue weighted by Gasteiger charge is 2.24. The van der Waals surface area contributed by atoms with E-state index in [0.29, 0.717) is 0 Å². The van der Waals surface area contributed by atoms with E-state index in [-0.39, 0.29) is 11.7 Å². The minimum atomic E-state index is -0.0198. The maximum absolute atomic E-state index is 12.6. The Balaban J connectivity index is 1.16. The molecular formula is C26H22BrN7O. The van der Waals surface area contributed by atoms with Crippen LogP contribution in [-0.4, -0.2) is 42.8 Å². The van der Waals surface area contributed by atoms with Crippen LogP contribution in [0, 0.1) is 0 Å². The number of imidazole rings is 2. The summed E-state index contributed by atoms with van der Waals surface area (Å²) in [5, 5.41) is 8.61. The highest BCUT2D eigenvalue weighted by atomic mass is 79.9. The molecule has 0 radical (unpaired) electrons. The number of nitrogens with one attached hydrogen (secondary N) is 3. The summed E-state index contributed by atoms with van der Waals surface area (Å²) in [5.41, 5.74) is 6.68. The van der Waals surface area contributed by atoms with Gasteiger partial charge in [0.25, 0.3) is 0 Å². The van der Waals surface area contributed by atoms with Crippen LogP contribution in [0.2, 0.25) is 0 Å². The predicted molar refractivity (Wildman–Crippen MR) is 142 cm³/mol. The van der Waals surface area contributed by atoms with E-state index in [1.807, 2.05) is 47.0 Å². The van der Waals surface area contributed by atoms with E-state index in [4.69, 9.17) is 4.98 Å². The molecule has 9 heteroatoms. The zero-order valence-electron chi connectivity index (χ0n) is 18.8. The summed E-state index contributed by atoms with van der Waals surface area (Å²) in [6, 6.07) is 20.5. The van der Waals surface area contributed by atoms with E-state index in [0.717, 1.165) is 80.6 Å². The van der Waals surface area contributed by atoms with Gasteiger partial charge in [0.15, 0.2) is 5.82 Å². The summed E-state index contributed by atoms with van der Waals surface area (Å²) in [6.07, 6.45) is 1.84. The molecule has 6 aromatic rings. The molecule has 0 saturated carbocycles. The van der Waals surface area contributed by atoms with Crippen molar-refractivity contribution in [3.05, 3.63) is 75.6 Å². The molecule has 3 N–H and O–H groups in total. The molecule has 0 bridgehead atoms. The van der Waals surface area contributed by atoms with E-state index >= 15 is 0 Å². The number of aromatic amines is 3. The highest BCUT2D eigenvalue weighted by Crippen LogP contribution is 2.33. The van der Waals surface area contributed by atoms with E-state index in [1.54, 1.807) is 0 Å². The summed E-state index contributed by atoms with van der Waals surface area (Å²) in [6.45, 7) is 1.78. The molecule has 1 aliphatic rings. The fraction of sp³-hybridized carbons (Fsp3) is 0.192. The average Bonchev–Trinajstić information content (AvgIpc) is 3.58. The van der Waals surface area contributed by atoms with Gasteiger partial charge in [-0.15, -0.1) is 0 Å². The smallest absolute Gasteiger partial charge is 0.326 e. The van der Waals surface area contributed by atoms with Crippen molar-refractivity contribution in [2.75, 3.05) is 18.0 Å². The Kier molecular flexibility index (Phi) is 4.60. The van der Waals surface area contributed by atoms with E-state index in [9.17, 15) is 4.79 Å². The molecule has 7 rings (SSSR count). The number of benzene rings is 3. The lowest BCUT2D eigenvalue weighted by atomic mass is 10.0. The van der Waals surface area contributed by atoms with Gasteiger partial charge in [0.2, 0.25) is 0 Å². The normalized spacial score (nSPS) is 15.1. The van der Waals surface area contributed by atoms with Crippen molar-refractivity contribution in [1.82, 2.24) is 29.7 Å². The second-order valence-electron chi connectivity index (χ2n) is 9.06. The van der Waals surface area contributed by atoms with Crippen molar-refractivity contribution in [1.29, 1.82) is 0 Å². The molecule has 4 heterocycles. The summed E-state index contributed by atoms with van der Waals surface area (Å²) >= 11 is 3.64. The Labute approximate surface area is 208 Å². The zero-order chi connectivity index (χ0) is 23.5. The number of fused-ring (bicyclic) bond motifs is 3. The maximum atomic E-state index is 12.6. The first-order valence-electron chi connectivity index (χ1n) is 11.7. The molecule has 8 nitrogen and oxygen atoms in total. The third kappa shape index (κ3) is 3.30. The number of rotatable bonds is 3. The van der Waals surface area contributed by atoms with Crippen LogP contribution in [-0.2, 0) is 0 Å². The number of halogens is 1. The first-order valence-corrected chi connectivity index (χ1v) is 12.5. The minimum absolute atomic E-state index is 0.0198. The van der Waals surface area contributed by atoms with E-state index in [2.05, 4.69) is 59.2 Å². The van der Waals surface area contributed by atoms with Crippen molar-refractivity contribution < 1.29 is 0 Å². The van der Waals surface area contributed by atoms with E-state index < -0.39 is 0 Å². The van der Waals surface area contributed by atoms with Gasteiger partial charge in [0.05, 0.1) is 27.6 Å². The lowest BCUT2D eigenvalue weighted by Crippen LogP contribution is -2.37. The summed E-state index contributed by atoms with van der Waals surface area (Å²) in [4.78, 5) is 26.2. The van der Waals surface area contributed by atoms with Gasteiger partial charge in [0.1, 0.15) is 5.69 Å². The quantitative estimate of drug-likeness (QED) is 0.288. The third-order valence-corrected chi connectivity index (χ3v) is 7.71. The van der Waals surface area contributed by atoms with Crippen molar-refractivity contribution in [2.45, 2.75) is 18.9 Å². The molecule has 0 spiro atoms. The Morgan fingerprint density at radius 2 is 1.74 bits per heavy atom. The third-order valence-electron chi connectivity index (χ3n) is 7.05. The number of hydrogen-bond donors (Lipinski definition) is 3. The number of aromatic nitrogens is 6. The topological polar surface area (TPSA) is 98.4 Å². The monoisotopic (exact) mass is 527 g/mol. The molecular weight excluding hydrogens is 506 g/mol. The second-order valence-corrected chi connectivity index (χ2v) is 9.91. The Bertz CT molecular complexity index is 1770. The molecule has 174 valence electrons. The Morgan fingerprint density at radius 3 is 2.63 bits per heavy atom. The first-order chi connectivity index (χ1) is 17.2. The molecule has 0 atom stereocenters. The lowest BCUT2D eigenvalue weighted by Gasteiger charge is -2.34. The largest absolute Gasteiger partial charge is 0.371 e. The van der Waals surface area contributed by atoms with Crippen molar-refractivity contribution in [3.63, 3.8) is 0 Å². The van der Waals surface area contributed by atoms with Crippen LogP contribution in [0.25, 0.3) is 44.5 Å². The van der Waals surface area contributed by atoms with E-state index in [1.165, 1.54) is 0 Å². The SMILES string of the molecule is O=c1[nH]c2ccccc2n1C1CCN(c2ccc3nc(-c4n[nH]c5cccc(Br)c45)[nH]c3c2)CC1. The average molecular weight is 528 g/mol. The van der Waals surface area contributed by atoms with Crippen LogP contribution in [0.3, 0.4) is 0 Å². The van der Waals surface area contributed by atoms with Crippen LogP contribution < -0.4 is 10.6 Å². The van der Waals surface area contributed by atoms with Gasteiger partial charge >= 0.3 is 5.69 Å². The molecule has 1 fully saturated rings. The molecule has 0 amide bonds. The van der Waals surface area contributed by atoms with Gasteiger partial charge in [-0.05, 0) is 55.3 Å². The number of piperidine rings is 1. The highest BCUT2D eigenvalue weighted by molar-refractivity contribution is 9.10. The molecule has 0 unspecified atom stereocenters. The molecule has 3 aromatic carbocycles. The fourth-order valence-electron chi connectivity index (χ4n) is 5.33. The molecule has 1 aliphatic heterocycles. The predicted octanol–water partition coefficient (Wildman–Crippen LogP) is 5.35. The van der Waals surface area contributed by atoms with Gasteiger partial charge in [-0.3, -0.25) is 9.67 Å². The fourth-order valence-corrected chi connectivity index (χ4v) is 5.88. The van der Waals surface area contributed by atoms with Crippen molar-refractivity contribution >= 4 is 54.6 Å².